The molecule has 1 aromatic carbocycles. The summed E-state index contributed by atoms with van der Waals surface area (Å²) in [5.74, 6) is -0.0574. The fourth-order valence-corrected chi connectivity index (χ4v) is 2.07. The predicted molar refractivity (Wildman–Crippen MR) is 86.1 cm³/mol. The van der Waals surface area contributed by atoms with Crippen molar-refractivity contribution in [1.82, 2.24) is 4.90 Å². The lowest BCUT2D eigenvalue weighted by atomic mass is 10.2. The second kappa shape index (κ2) is 8.12. The lowest BCUT2D eigenvalue weighted by molar-refractivity contribution is -0.120. The van der Waals surface area contributed by atoms with E-state index in [9.17, 15) is 4.79 Å². The predicted octanol–water partition coefficient (Wildman–Crippen LogP) is 3.37. The number of nitrogens with one attached hydrogen (secondary N) is 1. The monoisotopic (exact) mass is 297 g/mol. The maximum absolute atomic E-state index is 12.2. The molecule has 0 aromatic heterocycles. The first kappa shape index (κ1) is 16.8. The van der Waals surface area contributed by atoms with Gasteiger partial charge in [0.25, 0.3) is 0 Å². The number of carbonyl (C=O) groups is 1. The smallest absolute Gasteiger partial charge is 0.241 e. The van der Waals surface area contributed by atoms with Gasteiger partial charge in [0.1, 0.15) is 0 Å². The highest BCUT2D eigenvalue weighted by Gasteiger charge is 2.18. The third-order valence-electron chi connectivity index (χ3n) is 3.43. The first-order chi connectivity index (χ1) is 9.45. The Morgan fingerprint density at radius 3 is 2.75 bits per heavy atom. The molecule has 0 aliphatic rings. The molecule has 0 aliphatic carbocycles. The van der Waals surface area contributed by atoms with Gasteiger partial charge in [-0.15, -0.1) is 0 Å². The molecule has 0 saturated heterocycles. The molecule has 0 radical (unpaired) electrons. The van der Waals surface area contributed by atoms with Crippen LogP contribution in [0, 0.1) is 0 Å². The first-order valence-electron chi connectivity index (χ1n) is 7.01. The number of anilines is 2. The van der Waals surface area contributed by atoms with Gasteiger partial charge in [-0.25, -0.2) is 0 Å². The van der Waals surface area contributed by atoms with Gasteiger partial charge in [0, 0.05) is 5.02 Å². The number of benzene rings is 1. The van der Waals surface area contributed by atoms with E-state index >= 15 is 0 Å². The SMILES string of the molecule is CCCCCN(C)C(C)C(=O)Nc1ccc(Cl)cc1N. The van der Waals surface area contributed by atoms with E-state index < -0.39 is 0 Å². The number of unbranched alkanes of at least 4 members (excludes halogenated alkanes) is 2. The van der Waals surface area contributed by atoms with E-state index in [1.54, 1.807) is 18.2 Å². The van der Waals surface area contributed by atoms with E-state index in [1.165, 1.54) is 12.8 Å². The number of carbonyl (C=O) groups excluding carboxylic acids is 1. The molecule has 0 spiro atoms. The van der Waals surface area contributed by atoms with Crippen molar-refractivity contribution in [2.24, 2.45) is 0 Å². The highest BCUT2D eigenvalue weighted by atomic mass is 35.5. The maximum Gasteiger partial charge on any atom is 0.241 e. The van der Waals surface area contributed by atoms with Gasteiger partial charge < -0.3 is 11.1 Å². The molecule has 0 fully saturated rings. The number of nitrogens with two attached hydrogens (primary N) is 1. The number of hydrogen-bond donors (Lipinski definition) is 2. The van der Waals surface area contributed by atoms with Crippen molar-refractivity contribution in [1.29, 1.82) is 0 Å². The zero-order chi connectivity index (χ0) is 15.1. The second-order valence-electron chi connectivity index (χ2n) is 5.08. The summed E-state index contributed by atoms with van der Waals surface area (Å²) in [6, 6.07) is 4.87. The number of nitrogens with zero attached hydrogens (tertiary/aromatic N) is 1. The van der Waals surface area contributed by atoms with Crippen LogP contribution >= 0.6 is 11.6 Å². The van der Waals surface area contributed by atoms with E-state index in [-0.39, 0.29) is 11.9 Å². The summed E-state index contributed by atoms with van der Waals surface area (Å²) >= 11 is 5.84. The van der Waals surface area contributed by atoms with Crippen molar-refractivity contribution in [3.63, 3.8) is 0 Å². The van der Waals surface area contributed by atoms with Gasteiger partial charge in [0.15, 0.2) is 0 Å². The standard InChI is InChI=1S/C15H24ClN3O/c1-4-5-6-9-19(3)11(2)15(20)18-14-8-7-12(16)10-13(14)17/h7-8,10-11H,4-6,9,17H2,1-3H3,(H,18,20). The molecule has 1 aromatic rings. The van der Waals surface area contributed by atoms with E-state index in [2.05, 4.69) is 17.1 Å². The Bertz CT molecular complexity index is 451. The van der Waals surface area contributed by atoms with E-state index in [0.717, 1.165) is 13.0 Å². The molecular formula is C15H24ClN3O. The number of amides is 1. The van der Waals surface area contributed by atoms with Crippen molar-refractivity contribution in [2.45, 2.75) is 39.2 Å². The first-order valence-corrected chi connectivity index (χ1v) is 7.39. The van der Waals surface area contributed by atoms with Crippen LogP contribution in [0.5, 0.6) is 0 Å². The molecule has 112 valence electrons. The van der Waals surface area contributed by atoms with E-state index in [0.29, 0.717) is 16.4 Å². The Hall–Kier alpha value is -1.26. The fourth-order valence-electron chi connectivity index (χ4n) is 1.89. The maximum atomic E-state index is 12.2. The van der Waals surface area contributed by atoms with Gasteiger partial charge in [-0.3, -0.25) is 9.69 Å². The van der Waals surface area contributed by atoms with Crippen LogP contribution in [0.25, 0.3) is 0 Å². The minimum atomic E-state index is -0.193. The largest absolute Gasteiger partial charge is 0.397 e. The van der Waals surface area contributed by atoms with Crippen LogP contribution in [0.15, 0.2) is 18.2 Å². The molecule has 0 bridgehead atoms. The molecule has 0 heterocycles. The molecule has 20 heavy (non-hydrogen) atoms. The van der Waals surface area contributed by atoms with Crippen molar-refractivity contribution in [2.75, 3.05) is 24.6 Å². The quantitative estimate of drug-likeness (QED) is 0.599. The molecule has 0 saturated carbocycles. The molecular weight excluding hydrogens is 274 g/mol. The number of likely N-dealkylation sites (N-methyl/N-ethyl adjacent to an activating group) is 1. The molecule has 1 atom stereocenters. The van der Waals surface area contributed by atoms with Gasteiger partial charge in [-0.2, -0.15) is 0 Å². The number of hydrogen-bond acceptors (Lipinski definition) is 3. The lowest BCUT2D eigenvalue weighted by Gasteiger charge is -2.24. The number of rotatable bonds is 7. The van der Waals surface area contributed by atoms with Crippen LogP contribution in [0.2, 0.25) is 5.02 Å². The van der Waals surface area contributed by atoms with Crippen molar-refractivity contribution < 1.29 is 4.79 Å². The van der Waals surface area contributed by atoms with Crippen LogP contribution in [-0.4, -0.2) is 30.4 Å². The summed E-state index contributed by atoms with van der Waals surface area (Å²) in [5, 5.41) is 3.40. The summed E-state index contributed by atoms with van der Waals surface area (Å²) in [7, 11) is 1.96. The number of halogens is 1. The van der Waals surface area contributed by atoms with Crippen LogP contribution in [-0.2, 0) is 4.79 Å². The van der Waals surface area contributed by atoms with Crippen LogP contribution in [0.3, 0.4) is 0 Å². The third kappa shape index (κ3) is 5.02. The summed E-state index contributed by atoms with van der Waals surface area (Å²) in [6.45, 7) is 4.98. The fraction of sp³-hybridized carbons (Fsp3) is 0.533. The third-order valence-corrected chi connectivity index (χ3v) is 3.66. The molecule has 1 unspecified atom stereocenters. The van der Waals surface area contributed by atoms with E-state index in [1.807, 2.05) is 14.0 Å². The van der Waals surface area contributed by atoms with Gasteiger partial charge in [-0.05, 0) is 45.1 Å². The van der Waals surface area contributed by atoms with E-state index in [4.69, 9.17) is 17.3 Å². The summed E-state index contributed by atoms with van der Waals surface area (Å²) in [5.41, 5.74) is 6.91. The lowest BCUT2D eigenvalue weighted by Crippen LogP contribution is -2.40. The van der Waals surface area contributed by atoms with Gasteiger partial charge in [0.05, 0.1) is 17.4 Å². The number of nitrogen functional groups attached to an aromatic ring is 1. The van der Waals surface area contributed by atoms with Gasteiger partial charge in [0.2, 0.25) is 5.91 Å². The molecule has 0 aliphatic heterocycles. The van der Waals surface area contributed by atoms with Crippen molar-refractivity contribution in [3.8, 4) is 0 Å². The highest BCUT2D eigenvalue weighted by Crippen LogP contribution is 2.22. The Kier molecular flexibility index (Phi) is 6.82. The Morgan fingerprint density at radius 2 is 2.15 bits per heavy atom. The van der Waals surface area contributed by atoms with Crippen LogP contribution in [0.1, 0.15) is 33.1 Å². The molecule has 5 heteroatoms. The molecule has 1 amide bonds. The summed E-state index contributed by atoms with van der Waals surface area (Å²) < 4.78 is 0. The second-order valence-corrected chi connectivity index (χ2v) is 5.52. The summed E-state index contributed by atoms with van der Waals surface area (Å²) in [4.78, 5) is 14.2. The average molecular weight is 298 g/mol. The van der Waals surface area contributed by atoms with Crippen molar-refractivity contribution >= 4 is 28.9 Å². The Balaban J connectivity index is 2.56. The molecule has 4 nitrogen and oxygen atoms in total. The molecule has 1 rings (SSSR count). The zero-order valence-corrected chi connectivity index (χ0v) is 13.2. The summed E-state index contributed by atoms with van der Waals surface area (Å²) in [6.07, 6.45) is 3.46. The minimum absolute atomic E-state index is 0.0574. The van der Waals surface area contributed by atoms with Crippen molar-refractivity contribution in [3.05, 3.63) is 23.2 Å². The highest BCUT2D eigenvalue weighted by molar-refractivity contribution is 6.31. The Labute approximate surface area is 126 Å². The van der Waals surface area contributed by atoms with Crippen LogP contribution in [0.4, 0.5) is 11.4 Å². The average Bonchev–Trinajstić information content (AvgIpc) is 2.41. The zero-order valence-electron chi connectivity index (χ0n) is 12.4. The topological polar surface area (TPSA) is 58.4 Å². The van der Waals surface area contributed by atoms with Gasteiger partial charge in [-0.1, -0.05) is 31.4 Å². The van der Waals surface area contributed by atoms with Crippen LogP contribution < -0.4 is 11.1 Å². The normalized spacial score (nSPS) is 12.4. The Morgan fingerprint density at radius 1 is 1.45 bits per heavy atom. The van der Waals surface area contributed by atoms with Gasteiger partial charge >= 0.3 is 0 Å². The minimum Gasteiger partial charge on any atom is -0.397 e. The molecule has 3 N–H and O–H groups in total.